The zero-order valence-electron chi connectivity index (χ0n) is 17.7. The normalized spacial score (nSPS) is 28.9. The van der Waals surface area contributed by atoms with Gasteiger partial charge < -0.3 is 14.4 Å². The van der Waals surface area contributed by atoms with E-state index in [4.69, 9.17) is 9.84 Å². The number of piperidine rings is 2. The molecule has 7 nitrogen and oxygen atoms in total. The van der Waals surface area contributed by atoms with Crippen LogP contribution in [0.4, 0.5) is 0 Å². The van der Waals surface area contributed by atoms with Crippen molar-refractivity contribution < 1.29 is 14.6 Å². The van der Waals surface area contributed by atoms with Crippen LogP contribution in [0.2, 0.25) is 0 Å². The molecule has 7 heteroatoms. The fraction of sp³-hybridized carbons (Fsp3) is 0.739. The second kappa shape index (κ2) is 8.09. The van der Waals surface area contributed by atoms with Crippen molar-refractivity contribution in [2.45, 2.75) is 63.1 Å². The van der Waals surface area contributed by atoms with Crippen molar-refractivity contribution in [2.75, 3.05) is 39.3 Å². The first-order valence-electron chi connectivity index (χ1n) is 11.5. The summed E-state index contributed by atoms with van der Waals surface area (Å²) in [6, 6.07) is 4.14. The van der Waals surface area contributed by atoms with Gasteiger partial charge in [0.15, 0.2) is 0 Å². The third-order valence-electron chi connectivity index (χ3n) is 7.71. The van der Waals surface area contributed by atoms with Crippen molar-refractivity contribution >= 4 is 5.97 Å². The Labute approximate surface area is 177 Å². The molecule has 0 aliphatic carbocycles. The zero-order chi connectivity index (χ0) is 20.7. The van der Waals surface area contributed by atoms with E-state index in [1.165, 1.54) is 19.3 Å². The fourth-order valence-electron chi connectivity index (χ4n) is 6.19. The van der Waals surface area contributed by atoms with Gasteiger partial charge in [0.05, 0.1) is 12.1 Å². The molecule has 5 rings (SSSR count). The third kappa shape index (κ3) is 3.95. The average molecular weight is 416 g/mol. The second-order valence-corrected chi connectivity index (χ2v) is 9.85. The number of pyridine rings is 1. The van der Waals surface area contributed by atoms with Crippen molar-refractivity contribution in [3.05, 3.63) is 33.7 Å². The van der Waals surface area contributed by atoms with E-state index < -0.39 is 5.97 Å². The van der Waals surface area contributed by atoms with Gasteiger partial charge in [-0.3, -0.25) is 19.4 Å². The second-order valence-electron chi connectivity index (χ2n) is 9.85. The fourth-order valence-corrected chi connectivity index (χ4v) is 6.19. The maximum absolute atomic E-state index is 13.3. The summed E-state index contributed by atoms with van der Waals surface area (Å²) < 4.78 is 8.13. The average Bonchev–Trinajstić information content (AvgIpc) is 2.72. The van der Waals surface area contributed by atoms with Gasteiger partial charge >= 0.3 is 5.97 Å². The molecule has 3 fully saturated rings. The van der Waals surface area contributed by atoms with Crippen LogP contribution in [0.1, 0.15) is 55.7 Å². The van der Waals surface area contributed by atoms with E-state index in [1.807, 2.05) is 15.5 Å². The number of aromatic nitrogens is 1. The predicted molar refractivity (Wildman–Crippen MR) is 113 cm³/mol. The van der Waals surface area contributed by atoms with Crippen LogP contribution >= 0.6 is 0 Å². The van der Waals surface area contributed by atoms with Gasteiger partial charge in [0.1, 0.15) is 0 Å². The van der Waals surface area contributed by atoms with Crippen LogP contribution in [0.5, 0.6) is 0 Å². The van der Waals surface area contributed by atoms with E-state index in [0.29, 0.717) is 12.5 Å². The van der Waals surface area contributed by atoms with Crippen molar-refractivity contribution in [1.29, 1.82) is 0 Å². The molecule has 0 radical (unpaired) electrons. The summed E-state index contributed by atoms with van der Waals surface area (Å²) >= 11 is 0. The molecule has 4 aliphatic rings. The van der Waals surface area contributed by atoms with Gasteiger partial charge in [-0.1, -0.05) is 6.07 Å². The Bertz CT molecular complexity index is 850. The summed E-state index contributed by atoms with van der Waals surface area (Å²) in [6.45, 7) is 5.92. The summed E-state index contributed by atoms with van der Waals surface area (Å²) in [5, 5.41) is 9.13. The molecule has 1 spiro atoms. The number of aliphatic carboxylic acids is 1. The summed E-state index contributed by atoms with van der Waals surface area (Å²) in [6.07, 6.45) is 6.85. The van der Waals surface area contributed by atoms with Crippen LogP contribution in [-0.4, -0.2) is 70.4 Å². The number of nitrogens with zero attached hydrogens (tertiary/aromatic N) is 3. The van der Waals surface area contributed by atoms with Crippen LogP contribution in [-0.2, 0) is 22.6 Å². The smallest absolute Gasteiger partial charge is 0.317 e. The third-order valence-corrected chi connectivity index (χ3v) is 7.71. The molecule has 0 amide bonds. The van der Waals surface area contributed by atoms with Crippen LogP contribution in [0.25, 0.3) is 0 Å². The SMILES string of the molecule is O=C(O)CN1C[C@@H]2C[C@H](C1)c1ccc(CN3CCC4(CCCCO4)CC3)c(=O)n1C2. The Kier molecular flexibility index (Phi) is 5.45. The van der Waals surface area contributed by atoms with Gasteiger partial charge in [-0.25, -0.2) is 0 Å². The van der Waals surface area contributed by atoms with Crippen LogP contribution < -0.4 is 5.56 Å². The minimum atomic E-state index is -0.773. The van der Waals surface area contributed by atoms with Crippen molar-refractivity contribution in [3.8, 4) is 0 Å². The molecule has 4 aliphatic heterocycles. The van der Waals surface area contributed by atoms with Gasteiger partial charge in [-0.15, -0.1) is 0 Å². The first kappa shape index (κ1) is 20.2. The number of fused-ring (bicyclic) bond motifs is 4. The minimum Gasteiger partial charge on any atom is -0.480 e. The summed E-state index contributed by atoms with van der Waals surface area (Å²) in [4.78, 5) is 28.8. The van der Waals surface area contributed by atoms with Crippen molar-refractivity contribution in [2.24, 2.45) is 5.92 Å². The maximum Gasteiger partial charge on any atom is 0.317 e. The number of carboxylic acids is 1. The zero-order valence-corrected chi connectivity index (χ0v) is 17.7. The van der Waals surface area contributed by atoms with Crippen molar-refractivity contribution in [1.82, 2.24) is 14.4 Å². The quantitative estimate of drug-likeness (QED) is 0.810. The molecule has 2 bridgehead atoms. The largest absolute Gasteiger partial charge is 0.480 e. The Morgan fingerprint density at radius 1 is 1.10 bits per heavy atom. The van der Waals surface area contributed by atoms with Crippen LogP contribution in [0.15, 0.2) is 16.9 Å². The van der Waals surface area contributed by atoms with Gasteiger partial charge in [0, 0.05) is 63.1 Å². The molecule has 0 aromatic carbocycles. The number of hydrogen-bond donors (Lipinski definition) is 1. The van der Waals surface area contributed by atoms with Gasteiger partial charge in [-0.05, 0) is 50.5 Å². The highest BCUT2D eigenvalue weighted by Crippen LogP contribution is 2.36. The standard InChI is InChI=1S/C23H33N3O4/c27-21(28)16-25-12-17-11-19(15-25)20-4-3-18(22(29)26(20)13-17)14-24-8-6-23(7-9-24)5-1-2-10-30-23/h3-4,17,19H,1-2,5-16H2,(H,27,28)/t17-,19+/m0/s1. The summed E-state index contributed by atoms with van der Waals surface area (Å²) in [7, 11) is 0. The molecule has 0 saturated carbocycles. The van der Waals surface area contributed by atoms with Gasteiger partial charge in [0.25, 0.3) is 5.56 Å². The lowest BCUT2D eigenvalue weighted by Gasteiger charge is -2.44. The van der Waals surface area contributed by atoms with Gasteiger partial charge in [0.2, 0.25) is 0 Å². The molecular formula is C23H33N3O4. The molecule has 164 valence electrons. The molecule has 3 saturated heterocycles. The highest BCUT2D eigenvalue weighted by atomic mass is 16.5. The van der Waals surface area contributed by atoms with E-state index in [-0.39, 0.29) is 23.6 Å². The first-order chi connectivity index (χ1) is 14.5. The minimum absolute atomic E-state index is 0.0927. The Hall–Kier alpha value is -1.70. The van der Waals surface area contributed by atoms with Gasteiger partial charge in [-0.2, -0.15) is 0 Å². The highest BCUT2D eigenvalue weighted by Gasteiger charge is 2.38. The lowest BCUT2D eigenvalue weighted by Crippen LogP contribution is -2.49. The molecule has 1 aromatic heterocycles. The maximum atomic E-state index is 13.3. The Morgan fingerprint density at radius 2 is 1.93 bits per heavy atom. The Morgan fingerprint density at radius 3 is 2.67 bits per heavy atom. The number of likely N-dealkylation sites (tertiary alicyclic amines) is 2. The molecule has 2 atom stereocenters. The first-order valence-corrected chi connectivity index (χ1v) is 11.5. The molecule has 0 unspecified atom stereocenters. The number of carbonyl (C=O) groups is 1. The molecular weight excluding hydrogens is 382 g/mol. The highest BCUT2D eigenvalue weighted by molar-refractivity contribution is 5.69. The van der Waals surface area contributed by atoms with E-state index in [0.717, 1.165) is 69.9 Å². The lowest BCUT2D eigenvalue weighted by atomic mass is 9.83. The molecule has 30 heavy (non-hydrogen) atoms. The summed E-state index contributed by atoms with van der Waals surface area (Å²) in [5.41, 5.74) is 2.23. The molecule has 5 heterocycles. The predicted octanol–water partition coefficient (Wildman–Crippen LogP) is 1.89. The summed E-state index contributed by atoms with van der Waals surface area (Å²) in [5.74, 6) is -0.150. The topological polar surface area (TPSA) is 75.0 Å². The number of ether oxygens (including phenoxy) is 1. The number of hydrogen-bond acceptors (Lipinski definition) is 5. The monoisotopic (exact) mass is 415 g/mol. The van der Waals surface area contributed by atoms with E-state index in [2.05, 4.69) is 11.0 Å². The van der Waals surface area contributed by atoms with Crippen LogP contribution in [0, 0.1) is 5.92 Å². The Balaban J connectivity index is 1.27. The van der Waals surface area contributed by atoms with Crippen molar-refractivity contribution in [3.63, 3.8) is 0 Å². The molecule has 1 aromatic rings. The lowest BCUT2D eigenvalue weighted by molar-refractivity contribution is -0.139. The number of carboxylic acid groups (broad SMARTS) is 1. The number of rotatable bonds is 4. The van der Waals surface area contributed by atoms with E-state index in [1.54, 1.807) is 0 Å². The van der Waals surface area contributed by atoms with E-state index in [9.17, 15) is 9.59 Å². The van der Waals surface area contributed by atoms with Crippen LogP contribution in [0.3, 0.4) is 0 Å². The van der Waals surface area contributed by atoms with E-state index >= 15 is 0 Å². The molecule has 1 N–H and O–H groups in total.